The lowest BCUT2D eigenvalue weighted by atomic mass is 10.0. The van der Waals surface area contributed by atoms with Crippen molar-refractivity contribution in [1.82, 2.24) is 10.2 Å². The number of hydrogen-bond donors (Lipinski definition) is 2. The number of carbonyl (C=O) groups excluding carboxylic acids is 1. The molecule has 0 unspecified atom stereocenters. The highest BCUT2D eigenvalue weighted by Crippen LogP contribution is 2.14. The number of ether oxygens (including phenoxy) is 1. The summed E-state index contributed by atoms with van der Waals surface area (Å²) in [5, 5.41) is 7.29. The summed E-state index contributed by atoms with van der Waals surface area (Å²) in [4.78, 5) is 13.5. The zero-order valence-electron chi connectivity index (χ0n) is 15.1. The molecule has 0 spiro atoms. The van der Waals surface area contributed by atoms with Gasteiger partial charge in [0.2, 0.25) is 0 Å². The second kappa shape index (κ2) is 9.52. The fourth-order valence-electron chi connectivity index (χ4n) is 2.98. The molecule has 2 rings (SSSR count). The highest BCUT2D eigenvalue weighted by Gasteiger charge is 2.24. The van der Waals surface area contributed by atoms with E-state index in [1.54, 1.807) is 0 Å². The number of amides is 1. The van der Waals surface area contributed by atoms with Gasteiger partial charge in [0.1, 0.15) is 0 Å². The Bertz CT molecular complexity index is 485. The van der Waals surface area contributed by atoms with E-state index in [4.69, 9.17) is 4.74 Å². The molecule has 1 aromatic carbocycles. The lowest BCUT2D eigenvalue weighted by molar-refractivity contribution is 0.0949. The Kier molecular flexibility index (Phi) is 7.37. The quantitative estimate of drug-likeness (QED) is 0.803. The van der Waals surface area contributed by atoms with E-state index in [1.807, 2.05) is 17.9 Å². The summed E-state index contributed by atoms with van der Waals surface area (Å²) in [5.74, 6) is 0.539. The summed E-state index contributed by atoms with van der Waals surface area (Å²) < 4.78 is 5.07. The highest BCUT2D eigenvalue weighted by molar-refractivity contribution is 5.67. The number of piperidine rings is 1. The number of nitrogens with zero attached hydrogens (tertiary/aromatic N) is 1. The van der Waals surface area contributed by atoms with Gasteiger partial charge in [-0.3, -0.25) is 0 Å². The maximum atomic E-state index is 11.7. The zero-order chi connectivity index (χ0) is 17.4. The third-order valence-corrected chi connectivity index (χ3v) is 4.58. The molecule has 0 radical (unpaired) electrons. The van der Waals surface area contributed by atoms with Crippen molar-refractivity contribution in [2.75, 3.05) is 31.6 Å². The average Bonchev–Trinajstić information content (AvgIpc) is 2.60. The maximum absolute atomic E-state index is 11.7. The lowest BCUT2D eigenvalue weighted by Gasteiger charge is -2.33. The van der Waals surface area contributed by atoms with Crippen LogP contribution in [0.4, 0.5) is 10.5 Å². The van der Waals surface area contributed by atoms with Gasteiger partial charge >= 0.3 is 6.09 Å². The highest BCUT2D eigenvalue weighted by atomic mass is 16.6. The van der Waals surface area contributed by atoms with Gasteiger partial charge in [0, 0.05) is 37.4 Å². The molecule has 1 saturated heterocycles. The van der Waals surface area contributed by atoms with Crippen molar-refractivity contribution in [3.05, 3.63) is 30.3 Å². The lowest BCUT2D eigenvalue weighted by Crippen LogP contribution is -2.48. The van der Waals surface area contributed by atoms with Gasteiger partial charge in [0.15, 0.2) is 0 Å². The molecule has 134 valence electrons. The molecule has 0 aliphatic carbocycles. The van der Waals surface area contributed by atoms with E-state index in [-0.39, 0.29) is 6.09 Å². The number of hydrogen-bond acceptors (Lipinski definition) is 4. The largest absolute Gasteiger partial charge is 0.450 e. The molecular weight excluding hydrogens is 302 g/mol. The van der Waals surface area contributed by atoms with Crippen LogP contribution in [0.15, 0.2) is 30.3 Å². The molecule has 1 atom stereocenters. The molecule has 1 aromatic rings. The predicted molar refractivity (Wildman–Crippen MR) is 98.3 cm³/mol. The molecule has 1 aliphatic rings. The van der Waals surface area contributed by atoms with Gasteiger partial charge in [-0.15, -0.1) is 0 Å². The minimum Gasteiger partial charge on any atom is -0.450 e. The van der Waals surface area contributed by atoms with Crippen molar-refractivity contribution in [3.63, 3.8) is 0 Å². The summed E-state index contributed by atoms with van der Waals surface area (Å²) in [7, 11) is 0. The smallest absolute Gasteiger partial charge is 0.409 e. The van der Waals surface area contributed by atoms with Crippen LogP contribution in [-0.2, 0) is 4.74 Å². The number of benzene rings is 1. The zero-order valence-corrected chi connectivity index (χ0v) is 15.1. The van der Waals surface area contributed by atoms with Gasteiger partial charge in [-0.1, -0.05) is 32.0 Å². The number of nitrogens with one attached hydrogen (secondary N) is 2. The van der Waals surface area contributed by atoms with E-state index in [2.05, 4.69) is 48.7 Å². The van der Waals surface area contributed by atoms with Crippen LogP contribution in [-0.4, -0.2) is 49.3 Å². The Balaban J connectivity index is 1.76. The molecule has 0 aromatic heterocycles. The van der Waals surface area contributed by atoms with Crippen LogP contribution in [0.5, 0.6) is 0 Å². The first-order valence-corrected chi connectivity index (χ1v) is 9.06. The molecular formula is C19H31N3O2. The van der Waals surface area contributed by atoms with Crippen molar-refractivity contribution >= 4 is 11.8 Å². The van der Waals surface area contributed by atoms with Gasteiger partial charge < -0.3 is 20.3 Å². The molecule has 24 heavy (non-hydrogen) atoms. The molecule has 0 bridgehead atoms. The first kappa shape index (κ1) is 18.6. The first-order chi connectivity index (χ1) is 11.6. The van der Waals surface area contributed by atoms with Gasteiger partial charge in [-0.25, -0.2) is 4.79 Å². The Morgan fingerprint density at radius 2 is 1.92 bits per heavy atom. The van der Waals surface area contributed by atoms with Gasteiger partial charge in [0.25, 0.3) is 0 Å². The minimum atomic E-state index is -0.179. The van der Waals surface area contributed by atoms with E-state index < -0.39 is 0 Å². The summed E-state index contributed by atoms with van der Waals surface area (Å²) in [5.41, 5.74) is 1.16. The molecule has 2 N–H and O–H groups in total. The normalized spacial score (nSPS) is 16.9. The average molecular weight is 333 g/mol. The summed E-state index contributed by atoms with van der Waals surface area (Å²) in [6.45, 7) is 9.24. The monoisotopic (exact) mass is 333 g/mol. The molecule has 5 heteroatoms. The van der Waals surface area contributed by atoms with Gasteiger partial charge in [0.05, 0.1) is 6.61 Å². The molecule has 0 saturated carbocycles. The number of anilines is 1. The Morgan fingerprint density at radius 1 is 1.25 bits per heavy atom. The Morgan fingerprint density at radius 3 is 2.50 bits per heavy atom. The summed E-state index contributed by atoms with van der Waals surface area (Å²) in [6, 6.07) is 11.2. The summed E-state index contributed by atoms with van der Waals surface area (Å²) >= 11 is 0. The van der Waals surface area contributed by atoms with E-state index >= 15 is 0 Å². The molecule has 1 fully saturated rings. The van der Waals surface area contributed by atoms with Crippen molar-refractivity contribution in [2.45, 2.75) is 45.7 Å². The van der Waals surface area contributed by atoms with E-state index in [0.29, 0.717) is 24.6 Å². The first-order valence-electron chi connectivity index (χ1n) is 9.06. The van der Waals surface area contributed by atoms with Crippen LogP contribution in [0.2, 0.25) is 0 Å². The number of carbonyl (C=O) groups is 1. The Labute approximate surface area is 145 Å². The minimum absolute atomic E-state index is 0.179. The van der Waals surface area contributed by atoms with Crippen LogP contribution < -0.4 is 10.6 Å². The van der Waals surface area contributed by atoms with E-state index in [9.17, 15) is 4.79 Å². The second-order valence-corrected chi connectivity index (χ2v) is 6.73. The van der Waals surface area contributed by atoms with E-state index in [0.717, 1.165) is 38.2 Å². The SMILES string of the molecule is CCOC(=O)N1CCC(NC[C@@H](Nc2ccccc2)C(C)C)CC1. The van der Waals surface area contributed by atoms with Crippen molar-refractivity contribution < 1.29 is 9.53 Å². The fourth-order valence-corrected chi connectivity index (χ4v) is 2.98. The third kappa shape index (κ3) is 5.71. The van der Waals surface area contributed by atoms with Crippen molar-refractivity contribution in [3.8, 4) is 0 Å². The summed E-state index contributed by atoms with van der Waals surface area (Å²) in [6.07, 6.45) is 1.78. The van der Waals surface area contributed by atoms with Crippen LogP contribution in [0, 0.1) is 5.92 Å². The van der Waals surface area contributed by atoms with E-state index in [1.165, 1.54) is 0 Å². The molecule has 1 aliphatic heterocycles. The Hall–Kier alpha value is -1.75. The second-order valence-electron chi connectivity index (χ2n) is 6.73. The molecule has 1 heterocycles. The third-order valence-electron chi connectivity index (χ3n) is 4.58. The topological polar surface area (TPSA) is 53.6 Å². The standard InChI is InChI=1S/C19H31N3O2/c1-4-24-19(23)22-12-10-16(11-13-22)20-14-18(15(2)3)21-17-8-6-5-7-9-17/h5-9,15-16,18,20-21H,4,10-14H2,1-3H3/t18-/m1/s1. The van der Waals surface area contributed by atoms with Gasteiger partial charge in [-0.2, -0.15) is 0 Å². The number of likely N-dealkylation sites (tertiary alicyclic amines) is 1. The van der Waals surface area contributed by atoms with Crippen molar-refractivity contribution in [2.24, 2.45) is 5.92 Å². The maximum Gasteiger partial charge on any atom is 0.409 e. The molecule has 5 nitrogen and oxygen atoms in total. The number of rotatable bonds is 7. The molecule has 1 amide bonds. The van der Waals surface area contributed by atoms with Gasteiger partial charge in [-0.05, 0) is 37.8 Å². The van der Waals surface area contributed by atoms with Crippen LogP contribution in [0.25, 0.3) is 0 Å². The van der Waals surface area contributed by atoms with Crippen LogP contribution in [0.1, 0.15) is 33.6 Å². The number of para-hydroxylation sites is 1. The predicted octanol–water partition coefficient (Wildman–Crippen LogP) is 3.33. The van der Waals surface area contributed by atoms with Crippen molar-refractivity contribution in [1.29, 1.82) is 0 Å². The van der Waals surface area contributed by atoms with Crippen LogP contribution >= 0.6 is 0 Å². The van der Waals surface area contributed by atoms with Crippen LogP contribution in [0.3, 0.4) is 0 Å². The fraction of sp³-hybridized carbons (Fsp3) is 0.632.